The van der Waals surface area contributed by atoms with Crippen LogP contribution in [0.4, 0.5) is 4.79 Å². The van der Waals surface area contributed by atoms with Crippen molar-refractivity contribution < 1.29 is 17.9 Å². The van der Waals surface area contributed by atoms with E-state index in [0.717, 1.165) is 24.8 Å². The van der Waals surface area contributed by atoms with Crippen LogP contribution in [0.1, 0.15) is 51.2 Å². The van der Waals surface area contributed by atoms with E-state index in [1.807, 2.05) is 32.9 Å². The first-order valence-electron chi connectivity index (χ1n) is 9.77. The molecule has 1 saturated heterocycles. The van der Waals surface area contributed by atoms with Gasteiger partial charge < -0.3 is 9.64 Å². The Hall–Kier alpha value is -1.60. The first-order valence-corrected chi connectivity index (χ1v) is 11.2. The van der Waals surface area contributed by atoms with E-state index in [1.165, 1.54) is 16.3 Å². The number of sulfonamides is 1. The van der Waals surface area contributed by atoms with E-state index in [9.17, 15) is 13.2 Å². The summed E-state index contributed by atoms with van der Waals surface area (Å²) in [4.78, 5) is 14.3. The monoisotopic (exact) mass is 394 g/mol. The maximum atomic E-state index is 13.1. The van der Waals surface area contributed by atoms with Crippen molar-refractivity contribution >= 4 is 16.1 Å². The van der Waals surface area contributed by atoms with Gasteiger partial charge in [0, 0.05) is 26.2 Å². The summed E-state index contributed by atoms with van der Waals surface area (Å²) < 4.78 is 33.2. The zero-order chi connectivity index (χ0) is 19.7. The first-order chi connectivity index (χ1) is 12.7. The van der Waals surface area contributed by atoms with Crippen molar-refractivity contribution in [1.29, 1.82) is 0 Å². The van der Waals surface area contributed by atoms with Crippen LogP contribution >= 0.6 is 0 Å². The maximum Gasteiger partial charge on any atom is 0.410 e. The van der Waals surface area contributed by atoms with E-state index in [4.69, 9.17) is 4.74 Å². The van der Waals surface area contributed by atoms with Crippen LogP contribution in [0.15, 0.2) is 23.1 Å². The number of carbonyl (C=O) groups excluding carboxylic acids is 1. The Labute approximate surface area is 162 Å². The number of aryl methyl sites for hydroxylation is 2. The molecule has 1 aromatic carbocycles. The minimum atomic E-state index is -3.55. The highest BCUT2D eigenvalue weighted by molar-refractivity contribution is 7.89. The second-order valence-electron chi connectivity index (χ2n) is 8.36. The highest BCUT2D eigenvalue weighted by atomic mass is 32.2. The molecule has 150 valence electrons. The lowest BCUT2D eigenvalue weighted by Gasteiger charge is -2.26. The summed E-state index contributed by atoms with van der Waals surface area (Å²) >= 11 is 0. The lowest BCUT2D eigenvalue weighted by atomic mass is 9.92. The van der Waals surface area contributed by atoms with Crippen molar-refractivity contribution in [2.24, 2.45) is 0 Å². The van der Waals surface area contributed by atoms with Gasteiger partial charge in [-0.1, -0.05) is 6.07 Å². The Kier molecular flexibility index (Phi) is 5.82. The molecule has 1 fully saturated rings. The number of hydrogen-bond acceptors (Lipinski definition) is 4. The fourth-order valence-corrected chi connectivity index (χ4v) is 5.18. The largest absolute Gasteiger partial charge is 0.444 e. The minimum absolute atomic E-state index is 0.290. The van der Waals surface area contributed by atoms with Crippen molar-refractivity contribution in [3.8, 4) is 0 Å². The van der Waals surface area contributed by atoms with Gasteiger partial charge in [-0.2, -0.15) is 4.31 Å². The lowest BCUT2D eigenvalue weighted by Crippen LogP contribution is -2.40. The average molecular weight is 395 g/mol. The number of hydrogen-bond donors (Lipinski definition) is 0. The van der Waals surface area contributed by atoms with E-state index < -0.39 is 15.6 Å². The van der Waals surface area contributed by atoms with Gasteiger partial charge in [-0.25, -0.2) is 13.2 Å². The van der Waals surface area contributed by atoms with Gasteiger partial charge in [0.15, 0.2) is 0 Å². The molecule has 0 radical (unpaired) electrons. The lowest BCUT2D eigenvalue weighted by molar-refractivity contribution is 0.0260. The summed E-state index contributed by atoms with van der Waals surface area (Å²) in [6.07, 6.45) is 4.49. The molecule has 2 aliphatic rings. The van der Waals surface area contributed by atoms with Crippen LogP contribution < -0.4 is 0 Å². The quantitative estimate of drug-likeness (QED) is 0.773. The molecule has 0 bridgehead atoms. The Morgan fingerprint density at radius 1 is 0.963 bits per heavy atom. The van der Waals surface area contributed by atoms with Crippen LogP contribution in [0, 0.1) is 0 Å². The van der Waals surface area contributed by atoms with Gasteiger partial charge >= 0.3 is 6.09 Å². The Morgan fingerprint density at radius 3 is 2.37 bits per heavy atom. The highest BCUT2D eigenvalue weighted by Gasteiger charge is 2.30. The fourth-order valence-electron chi connectivity index (χ4n) is 3.66. The number of amides is 1. The van der Waals surface area contributed by atoms with Crippen molar-refractivity contribution in [2.45, 2.75) is 63.4 Å². The average Bonchev–Trinajstić information content (AvgIpc) is 2.86. The third-order valence-electron chi connectivity index (χ3n) is 5.06. The Morgan fingerprint density at radius 2 is 1.67 bits per heavy atom. The predicted octanol–water partition coefficient (Wildman–Crippen LogP) is 3.20. The molecule has 1 aromatic rings. The van der Waals surface area contributed by atoms with E-state index >= 15 is 0 Å². The van der Waals surface area contributed by atoms with Gasteiger partial charge in [0.25, 0.3) is 0 Å². The number of benzene rings is 1. The summed E-state index contributed by atoms with van der Waals surface area (Å²) in [6.45, 7) is 7.04. The zero-order valence-electron chi connectivity index (χ0n) is 16.5. The molecule has 0 saturated carbocycles. The van der Waals surface area contributed by atoms with E-state index in [0.29, 0.717) is 37.5 Å². The van der Waals surface area contributed by atoms with Crippen molar-refractivity contribution in [1.82, 2.24) is 9.21 Å². The van der Waals surface area contributed by atoms with E-state index in [2.05, 4.69) is 0 Å². The second kappa shape index (κ2) is 7.80. The number of carbonyl (C=O) groups is 1. The van der Waals surface area contributed by atoms with Gasteiger partial charge in [0.05, 0.1) is 4.90 Å². The molecular formula is C20H30N2O4S. The van der Waals surface area contributed by atoms with E-state index in [1.54, 1.807) is 11.0 Å². The molecule has 0 atom stereocenters. The Bertz CT molecular complexity index is 799. The molecule has 27 heavy (non-hydrogen) atoms. The molecule has 3 rings (SSSR count). The van der Waals surface area contributed by atoms with Gasteiger partial charge in [0.1, 0.15) is 5.60 Å². The molecule has 0 unspecified atom stereocenters. The molecule has 1 heterocycles. The summed E-state index contributed by atoms with van der Waals surface area (Å²) in [6, 6.07) is 5.54. The molecule has 1 amide bonds. The highest BCUT2D eigenvalue weighted by Crippen LogP contribution is 2.26. The summed E-state index contributed by atoms with van der Waals surface area (Å²) in [7, 11) is -3.55. The van der Waals surface area contributed by atoms with Gasteiger partial charge in [0.2, 0.25) is 10.0 Å². The smallest absolute Gasteiger partial charge is 0.410 e. The summed E-state index contributed by atoms with van der Waals surface area (Å²) in [5, 5.41) is 0. The minimum Gasteiger partial charge on any atom is -0.444 e. The molecule has 0 aromatic heterocycles. The molecular weight excluding hydrogens is 364 g/mol. The molecule has 1 aliphatic heterocycles. The van der Waals surface area contributed by atoms with Crippen LogP contribution in [0.25, 0.3) is 0 Å². The Balaban J connectivity index is 1.72. The summed E-state index contributed by atoms with van der Waals surface area (Å²) in [5.74, 6) is 0. The SMILES string of the molecule is CC(C)(C)OC(=O)N1CCCN(S(=O)(=O)c2ccc3c(c2)CCCC3)CC1. The number of fused-ring (bicyclic) bond motifs is 1. The topological polar surface area (TPSA) is 66.9 Å². The number of ether oxygens (including phenoxy) is 1. The third kappa shape index (κ3) is 4.82. The van der Waals surface area contributed by atoms with Crippen LogP contribution in [0.3, 0.4) is 0 Å². The molecule has 6 nitrogen and oxygen atoms in total. The molecule has 0 N–H and O–H groups in total. The van der Waals surface area contributed by atoms with Crippen molar-refractivity contribution in [3.63, 3.8) is 0 Å². The van der Waals surface area contributed by atoms with Gasteiger partial charge in [-0.05, 0) is 76.1 Å². The standard InChI is InChI=1S/C20H30N2O4S/c1-20(2,3)26-19(23)21-11-6-12-22(14-13-21)27(24,25)18-10-9-16-7-4-5-8-17(16)15-18/h9-10,15H,4-8,11-14H2,1-3H3. The van der Waals surface area contributed by atoms with E-state index in [-0.39, 0.29) is 6.09 Å². The predicted molar refractivity (Wildman–Crippen MR) is 104 cm³/mol. The first kappa shape index (κ1) is 20.1. The molecule has 7 heteroatoms. The molecule has 1 aliphatic carbocycles. The van der Waals surface area contributed by atoms with Crippen LogP contribution in [-0.2, 0) is 27.6 Å². The summed E-state index contributed by atoms with van der Waals surface area (Å²) in [5.41, 5.74) is 1.87. The third-order valence-corrected chi connectivity index (χ3v) is 6.96. The van der Waals surface area contributed by atoms with Gasteiger partial charge in [-0.15, -0.1) is 0 Å². The zero-order valence-corrected chi connectivity index (χ0v) is 17.3. The number of nitrogens with zero attached hydrogens (tertiary/aromatic N) is 2. The number of rotatable bonds is 2. The normalized spacial score (nSPS) is 19.3. The second-order valence-corrected chi connectivity index (χ2v) is 10.3. The van der Waals surface area contributed by atoms with Crippen LogP contribution in [0.5, 0.6) is 0 Å². The van der Waals surface area contributed by atoms with Crippen LogP contribution in [0.2, 0.25) is 0 Å². The van der Waals surface area contributed by atoms with Crippen molar-refractivity contribution in [3.05, 3.63) is 29.3 Å². The molecule has 0 spiro atoms. The van der Waals surface area contributed by atoms with Crippen molar-refractivity contribution in [2.75, 3.05) is 26.2 Å². The van der Waals surface area contributed by atoms with Crippen LogP contribution in [-0.4, -0.2) is 55.5 Å². The maximum absolute atomic E-state index is 13.1. The fraction of sp³-hybridized carbons (Fsp3) is 0.650. The van der Waals surface area contributed by atoms with Gasteiger partial charge in [-0.3, -0.25) is 0 Å².